The highest BCUT2D eigenvalue weighted by Crippen LogP contribution is 2.11. The van der Waals surface area contributed by atoms with Crippen molar-refractivity contribution in [1.82, 2.24) is 0 Å². The van der Waals surface area contributed by atoms with Crippen molar-refractivity contribution in [1.29, 1.82) is 5.26 Å². The Bertz CT molecular complexity index is 404. The molecule has 1 aromatic carbocycles. The first-order chi connectivity index (χ1) is 6.77. The van der Waals surface area contributed by atoms with Gasteiger partial charge in [0, 0.05) is 11.1 Å². The summed E-state index contributed by atoms with van der Waals surface area (Å²) in [7, 11) is 0. The van der Waals surface area contributed by atoms with Crippen LogP contribution in [0.15, 0.2) is 24.3 Å². The molecular weight excluding hydrogens is 181 g/mol. The predicted molar refractivity (Wildman–Crippen MR) is 51.1 cm³/mol. The fraction of sp³-hybridized carbons (Fsp3) is 0.0909. The van der Waals surface area contributed by atoms with Gasteiger partial charge in [-0.1, -0.05) is 24.3 Å². The summed E-state index contributed by atoms with van der Waals surface area (Å²) in [5.74, 6) is -0.455. The smallest absolute Gasteiger partial charge is 0.150 e. The van der Waals surface area contributed by atoms with Crippen molar-refractivity contribution in [3.05, 3.63) is 41.2 Å². The second-order valence-electron chi connectivity index (χ2n) is 2.66. The fourth-order valence-corrected chi connectivity index (χ4v) is 0.990. The molecule has 0 amide bonds. The summed E-state index contributed by atoms with van der Waals surface area (Å²) in [5.41, 5.74) is 0.686. The van der Waals surface area contributed by atoms with Crippen molar-refractivity contribution in [2.75, 3.05) is 0 Å². The van der Waals surface area contributed by atoms with Crippen LogP contribution in [0.5, 0.6) is 0 Å². The first kappa shape index (κ1) is 10.1. The number of carbonyl (C=O) groups is 1. The van der Waals surface area contributed by atoms with Gasteiger partial charge in [0.15, 0.2) is 0 Å². The Morgan fingerprint density at radius 1 is 1.50 bits per heavy atom. The van der Waals surface area contributed by atoms with Gasteiger partial charge >= 0.3 is 0 Å². The van der Waals surface area contributed by atoms with E-state index in [1.54, 1.807) is 6.08 Å². The summed E-state index contributed by atoms with van der Waals surface area (Å²) in [6, 6.07) is 6.12. The Hall–Kier alpha value is -1.95. The zero-order valence-electron chi connectivity index (χ0n) is 7.40. The zero-order valence-corrected chi connectivity index (χ0v) is 7.40. The monoisotopic (exact) mass is 189 g/mol. The summed E-state index contributed by atoms with van der Waals surface area (Å²) < 4.78 is 13.2. The average Bonchev–Trinajstić information content (AvgIpc) is 2.20. The number of halogens is 1. The number of nitriles is 1. The molecule has 1 rings (SSSR count). The molecule has 0 heterocycles. The largest absolute Gasteiger partial charge is 0.298 e. The van der Waals surface area contributed by atoms with Gasteiger partial charge in [-0.3, -0.25) is 4.79 Å². The van der Waals surface area contributed by atoms with Gasteiger partial charge in [0.25, 0.3) is 0 Å². The first-order valence-corrected chi connectivity index (χ1v) is 4.06. The van der Waals surface area contributed by atoms with E-state index in [1.807, 2.05) is 6.07 Å². The topological polar surface area (TPSA) is 40.9 Å². The van der Waals surface area contributed by atoms with Crippen LogP contribution in [-0.2, 0) is 0 Å². The molecular formula is C11H8FNO. The molecule has 2 nitrogen and oxygen atoms in total. The minimum absolute atomic E-state index is 0.245. The zero-order chi connectivity index (χ0) is 10.4. The first-order valence-electron chi connectivity index (χ1n) is 4.06. The minimum Gasteiger partial charge on any atom is -0.298 e. The Kier molecular flexibility index (Phi) is 3.57. The molecule has 1 aromatic rings. The molecule has 70 valence electrons. The van der Waals surface area contributed by atoms with Crippen LogP contribution in [0.1, 0.15) is 22.3 Å². The van der Waals surface area contributed by atoms with Crippen LogP contribution in [0, 0.1) is 17.1 Å². The Morgan fingerprint density at radius 3 is 2.86 bits per heavy atom. The number of hydrogen-bond donors (Lipinski definition) is 0. The number of hydrogen-bond acceptors (Lipinski definition) is 2. The molecule has 0 saturated carbocycles. The number of carbonyl (C=O) groups excluding carboxylic acids is 1. The fourth-order valence-electron chi connectivity index (χ4n) is 0.990. The van der Waals surface area contributed by atoms with E-state index in [4.69, 9.17) is 5.26 Å². The van der Waals surface area contributed by atoms with Crippen molar-refractivity contribution in [3.8, 4) is 6.07 Å². The lowest BCUT2D eigenvalue weighted by molar-refractivity contribution is 0.112. The Balaban J connectivity index is 2.90. The van der Waals surface area contributed by atoms with Crippen LogP contribution in [0.4, 0.5) is 4.39 Å². The van der Waals surface area contributed by atoms with E-state index in [9.17, 15) is 9.18 Å². The van der Waals surface area contributed by atoms with Crippen molar-refractivity contribution < 1.29 is 9.18 Å². The van der Waals surface area contributed by atoms with Gasteiger partial charge in [-0.15, -0.1) is 0 Å². The second kappa shape index (κ2) is 4.93. The maximum Gasteiger partial charge on any atom is 0.150 e. The lowest BCUT2D eigenvalue weighted by atomic mass is 10.1. The van der Waals surface area contributed by atoms with Gasteiger partial charge in [-0.05, 0) is 6.07 Å². The van der Waals surface area contributed by atoms with E-state index >= 15 is 0 Å². The van der Waals surface area contributed by atoms with Crippen molar-refractivity contribution in [2.45, 2.75) is 6.42 Å². The van der Waals surface area contributed by atoms with Crippen LogP contribution < -0.4 is 0 Å². The molecule has 0 fully saturated rings. The molecule has 0 radical (unpaired) electrons. The molecule has 0 aliphatic carbocycles. The highest BCUT2D eigenvalue weighted by molar-refractivity contribution is 5.75. The predicted octanol–water partition coefficient (Wildman–Crippen LogP) is 2.57. The summed E-state index contributed by atoms with van der Waals surface area (Å²) >= 11 is 0. The highest BCUT2D eigenvalue weighted by Gasteiger charge is 1.99. The molecule has 0 spiro atoms. The molecule has 0 saturated heterocycles. The van der Waals surface area contributed by atoms with Crippen LogP contribution in [0.25, 0.3) is 6.08 Å². The van der Waals surface area contributed by atoms with Gasteiger partial charge < -0.3 is 0 Å². The number of rotatable bonds is 3. The lowest BCUT2D eigenvalue weighted by Gasteiger charge is -1.96. The molecule has 0 aromatic heterocycles. The summed E-state index contributed by atoms with van der Waals surface area (Å²) in [4.78, 5) is 10.3. The number of benzene rings is 1. The van der Waals surface area contributed by atoms with E-state index in [2.05, 4.69) is 0 Å². The van der Waals surface area contributed by atoms with Crippen LogP contribution in [-0.4, -0.2) is 6.29 Å². The van der Waals surface area contributed by atoms with E-state index in [0.29, 0.717) is 17.4 Å². The van der Waals surface area contributed by atoms with Gasteiger partial charge in [-0.2, -0.15) is 5.26 Å². The average molecular weight is 189 g/mol. The third kappa shape index (κ3) is 2.53. The second-order valence-corrected chi connectivity index (χ2v) is 2.66. The van der Waals surface area contributed by atoms with Crippen molar-refractivity contribution in [3.63, 3.8) is 0 Å². The van der Waals surface area contributed by atoms with E-state index < -0.39 is 5.82 Å². The van der Waals surface area contributed by atoms with Crippen molar-refractivity contribution in [2.24, 2.45) is 0 Å². The van der Waals surface area contributed by atoms with E-state index in [1.165, 1.54) is 24.3 Å². The maximum absolute atomic E-state index is 13.2. The molecule has 0 unspecified atom stereocenters. The highest BCUT2D eigenvalue weighted by atomic mass is 19.1. The molecule has 0 bridgehead atoms. The minimum atomic E-state index is -0.455. The number of nitrogens with zero attached hydrogens (tertiary/aromatic N) is 1. The SMILES string of the molecule is N#CCC=Cc1ccc(C=O)cc1F. The summed E-state index contributed by atoms with van der Waals surface area (Å²) in [6.07, 6.45) is 3.92. The van der Waals surface area contributed by atoms with Gasteiger partial charge in [0.2, 0.25) is 0 Å². The standard InChI is InChI=1S/C11H8FNO/c12-11-7-9(8-14)4-5-10(11)3-1-2-6-13/h1,3-5,7-8H,2H2. The normalized spacial score (nSPS) is 10.0. The Morgan fingerprint density at radius 2 is 2.29 bits per heavy atom. The molecule has 0 aliphatic heterocycles. The quantitative estimate of drug-likeness (QED) is 0.685. The Labute approximate surface area is 81.3 Å². The van der Waals surface area contributed by atoms with Crippen LogP contribution in [0.2, 0.25) is 0 Å². The molecule has 0 atom stereocenters. The number of allylic oxidation sites excluding steroid dienone is 1. The van der Waals surface area contributed by atoms with Gasteiger partial charge in [-0.25, -0.2) is 4.39 Å². The maximum atomic E-state index is 13.2. The number of aldehydes is 1. The molecule has 0 aliphatic rings. The van der Waals surface area contributed by atoms with Gasteiger partial charge in [0.1, 0.15) is 12.1 Å². The summed E-state index contributed by atoms with van der Waals surface area (Å²) in [6.45, 7) is 0. The molecule has 14 heavy (non-hydrogen) atoms. The molecule has 0 N–H and O–H groups in total. The van der Waals surface area contributed by atoms with E-state index in [0.717, 1.165) is 0 Å². The third-order valence-corrected chi connectivity index (χ3v) is 1.67. The molecule has 3 heteroatoms. The van der Waals surface area contributed by atoms with E-state index in [-0.39, 0.29) is 6.42 Å². The third-order valence-electron chi connectivity index (χ3n) is 1.67. The summed E-state index contributed by atoms with van der Waals surface area (Å²) in [5, 5.41) is 8.25. The lowest BCUT2D eigenvalue weighted by Crippen LogP contribution is -1.86. The van der Waals surface area contributed by atoms with Crippen molar-refractivity contribution >= 4 is 12.4 Å². The van der Waals surface area contributed by atoms with Crippen LogP contribution in [0.3, 0.4) is 0 Å². The van der Waals surface area contributed by atoms with Crippen LogP contribution >= 0.6 is 0 Å². The van der Waals surface area contributed by atoms with Gasteiger partial charge in [0.05, 0.1) is 12.5 Å².